The molecule has 0 saturated carbocycles. The van der Waals surface area contributed by atoms with Crippen LogP contribution in [0.2, 0.25) is 0 Å². The largest absolute Gasteiger partial charge is 0.310 e. The van der Waals surface area contributed by atoms with Gasteiger partial charge in [-0.1, -0.05) is 103 Å². The molecule has 3 aromatic heterocycles. The van der Waals surface area contributed by atoms with Gasteiger partial charge in [-0.15, -0.1) is 0 Å². The summed E-state index contributed by atoms with van der Waals surface area (Å²) in [5.74, 6) is 0. The molecule has 0 N–H and O–H groups in total. The monoisotopic (exact) mass is 774 g/mol. The number of hydrogen-bond acceptors (Lipinski definition) is 2. The molecule has 0 aliphatic carbocycles. The van der Waals surface area contributed by atoms with E-state index < -0.39 is 0 Å². The summed E-state index contributed by atoms with van der Waals surface area (Å²) in [5.41, 5.74) is 14.9. The van der Waals surface area contributed by atoms with Gasteiger partial charge in [0.1, 0.15) is 0 Å². The molecule has 0 radical (unpaired) electrons. The van der Waals surface area contributed by atoms with Crippen molar-refractivity contribution in [2.75, 3.05) is 0 Å². The highest BCUT2D eigenvalue weighted by Crippen LogP contribution is 2.42. The third-order valence-electron chi connectivity index (χ3n) is 12.2. The second-order valence-corrected chi connectivity index (χ2v) is 15.7. The summed E-state index contributed by atoms with van der Waals surface area (Å²) in [6, 6.07) is 69.3. The summed E-state index contributed by atoms with van der Waals surface area (Å²) in [5, 5.41) is 9.81. The summed E-state index contributed by atoms with van der Waals surface area (Å²) in [4.78, 5) is 13.1. The first-order chi connectivity index (χ1) is 30.1. The summed E-state index contributed by atoms with van der Waals surface area (Å²) >= 11 is 0. The zero-order chi connectivity index (χ0) is 40.4. The highest BCUT2D eigenvalue weighted by Gasteiger charge is 2.17. The highest BCUT2D eigenvalue weighted by molar-refractivity contribution is 6.24. The molecule has 0 aliphatic heterocycles. The second kappa shape index (κ2) is 13.9. The average Bonchev–Trinajstić information content (AvgIpc) is 3.66. The Morgan fingerprint density at radius 1 is 0.361 bits per heavy atom. The fourth-order valence-corrected chi connectivity index (χ4v) is 9.29. The lowest BCUT2D eigenvalue weighted by Crippen LogP contribution is -1.93. The molecule has 12 aromatic rings. The van der Waals surface area contributed by atoms with E-state index >= 15 is 0 Å². The Kier molecular flexibility index (Phi) is 7.88. The maximum Gasteiger partial charge on any atom is 0.189 e. The van der Waals surface area contributed by atoms with Gasteiger partial charge >= 0.3 is 0 Å². The Morgan fingerprint density at radius 2 is 0.820 bits per heavy atom. The number of rotatable bonds is 6. The molecule has 0 unspecified atom stereocenters. The van der Waals surface area contributed by atoms with Crippen LogP contribution in [-0.4, -0.2) is 14.5 Å². The van der Waals surface area contributed by atoms with Gasteiger partial charge < -0.3 is 4.57 Å². The van der Waals surface area contributed by atoms with Gasteiger partial charge in [0.05, 0.1) is 23.5 Å². The zero-order valence-corrected chi connectivity index (χ0v) is 32.9. The first-order valence-corrected chi connectivity index (χ1v) is 20.5. The minimum atomic E-state index is 0.638. The molecule has 0 bridgehead atoms. The topological polar surface area (TPSA) is 35.1 Å². The number of aromatic nitrogens is 3. The molecule has 3 heterocycles. The van der Waals surface area contributed by atoms with Gasteiger partial charge in [-0.2, -0.15) is 0 Å². The molecule has 0 spiro atoms. The zero-order valence-electron chi connectivity index (χ0n) is 32.9. The SMILES string of the molecule is [C-]#[N+]c1ccc2c3ccc(-c4ccc(-c5cc6ccc7cc(-c8cc(-c9ccccn9)cc(-c9ccccn9)c8)cc8ccc(c5)c6c78)cc4)cc3n(-c3ccccc3)c2c1. The van der Waals surface area contributed by atoms with Gasteiger partial charge in [0.25, 0.3) is 0 Å². The van der Waals surface area contributed by atoms with Crippen LogP contribution in [0, 0.1) is 6.57 Å². The summed E-state index contributed by atoms with van der Waals surface area (Å²) in [6.45, 7) is 7.65. The van der Waals surface area contributed by atoms with E-state index in [4.69, 9.17) is 6.57 Å². The van der Waals surface area contributed by atoms with Gasteiger partial charge in [-0.05, 0) is 157 Å². The summed E-state index contributed by atoms with van der Waals surface area (Å²) in [6.07, 6.45) is 3.69. The smallest absolute Gasteiger partial charge is 0.189 e. The molecule has 0 fully saturated rings. The molecule has 0 amide bonds. The third kappa shape index (κ3) is 5.83. The lowest BCUT2D eigenvalue weighted by molar-refractivity contribution is 1.18. The molecule has 12 rings (SSSR count). The Morgan fingerprint density at radius 3 is 1.36 bits per heavy atom. The predicted molar refractivity (Wildman–Crippen MR) is 254 cm³/mol. The van der Waals surface area contributed by atoms with E-state index in [1.807, 2.05) is 54.9 Å². The fraction of sp³-hybridized carbons (Fsp3) is 0. The first-order valence-electron chi connectivity index (χ1n) is 20.5. The summed E-state index contributed by atoms with van der Waals surface area (Å²) < 4.78 is 2.28. The molecule has 4 nitrogen and oxygen atoms in total. The van der Waals surface area contributed by atoms with Crippen molar-refractivity contribution >= 4 is 59.8 Å². The maximum absolute atomic E-state index is 7.65. The highest BCUT2D eigenvalue weighted by atomic mass is 15.0. The number of para-hydroxylation sites is 1. The van der Waals surface area contributed by atoms with Crippen LogP contribution in [0.1, 0.15) is 0 Å². The lowest BCUT2D eigenvalue weighted by Gasteiger charge is -2.16. The summed E-state index contributed by atoms with van der Waals surface area (Å²) in [7, 11) is 0. The van der Waals surface area contributed by atoms with E-state index in [2.05, 4.69) is 171 Å². The number of pyridine rings is 2. The van der Waals surface area contributed by atoms with E-state index in [-0.39, 0.29) is 0 Å². The number of nitrogens with zero attached hydrogens (tertiary/aromatic N) is 4. The minimum Gasteiger partial charge on any atom is -0.310 e. The first kappa shape index (κ1) is 34.6. The van der Waals surface area contributed by atoms with Crippen LogP contribution in [0.15, 0.2) is 207 Å². The molecule has 61 heavy (non-hydrogen) atoms. The van der Waals surface area contributed by atoms with Gasteiger partial charge in [-0.3, -0.25) is 9.97 Å². The number of benzene rings is 9. The Balaban J connectivity index is 0.915. The van der Waals surface area contributed by atoms with Crippen molar-refractivity contribution in [1.82, 2.24) is 14.5 Å². The quantitative estimate of drug-likeness (QED) is 0.125. The van der Waals surface area contributed by atoms with E-state index in [0.29, 0.717) is 5.69 Å². The standard InChI is InChI=1S/C57H34N4/c1-58-48-22-24-51-50-23-21-38(34-54(50)61(55(51)35-48)49-9-3-2-4-10-49)36-13-15-37(16-14-36)43-27-39-17-19-41-29-44(30-42-20-18-40(28-43)56(39)57(41)42)45-31-46(52-11-5-7-25-59-52)33-47(32-45)53-12-6-8-26-60-53/h2-35H. The number of fused-ring (bicyclic) bond motifs is 3. The van der Waals surface area contributed by atoms with Crippen molar-refractivity contribution in [1.29, 1.82) is 0 Å². The van der Waals surface area contributed by atoms with Gasteiger partial charge in [0, 0.05) is 45.5 Å². The molecule has 282 valence electrons. The number of hydrogen-bond donors (Lipinski definition) is 0. The lowest BCUT2D eigenvalue weighted by atomic mass is 9.88. The van der Waals surface area contributed by atoms with Crippen LogP contribution in [0.4, 0.5) is 5.69 Å². The average molecular weight is 775 g/mol. The molecule has 0 aliphatic rings. The second-order valence-electron chi connectivity index (χ2n) is 15.7. The van der Waals surface area contributed by atoms with Gasteiger partial charge in [-0.25, -0.2) is 4.85 Å². The van der Waals surface area contributed by atoms with E-state index in [1.165, 1.54) is 48.8 Å². The van der Waals surface area contributed by atoms with Crippen molar-refractivity contribution < 1.29 is 0 Å². The Labute approximate surface area is 352 Å². The fourth-order valence-electron chi connectivity index (χ4n) is 9.29. The van der Waals surface area contributed by atoms with Crippen LogP contribution in [0.3, 0.4) is 0 Å². The minimum absolute atomic E-state index is 0.638. The molecular formula is C57H34N4. The Bertz CT molecular complexity index is 3550. The van der Waals surface area contributed by atoms with Crippen molar-refractivity contribution in [2.24, 2.45) is 0 Å². The maximum atomic E-state index is 7.65. The van der Waals surface area contributed by atoms with E-state index in [1.54, 1.807) is 0 Å². The molecule has 4 heteroatoms. The van der Waals surface area contributed by atoms with Gasteiger partial charge in [0.15, 0.2) is 5.69 Å². The van der Waals surface area contributed by atoms with Crippen LogP contribution in [0.25, 0.3) is 121 Å². The predicted octanol–water partition coefficient (Wildman–Crippen LogP) is 15.4. The van der Waals surface area contributed by atoms with E-state index in [0.717, 1.165) is 66.9 Å². The van der Waals surface area contributed by atoms with Crippen LogP contribution in [0.5, 0.6) is 0 Å². The van der Waals surface area contributed by atoms with Crippen molar-refractivity contribution in [3.8, 4) is 61.6 Å². The molecular weight excluding hydrogens is 741 g/mol. The van der Waals surface area contributed by atoms with Crippen LogP contribution >= 0.6 is 0 Å². The van der Waals surface area contributed by atoms with Gasteiger partial charge in [0.2, 0.25) is 0 Å². The van der Waals surface area contributed by atoms with Crippen molar-refractivity contribution in [3.63, 3.8) is 0 Å². The molecule has 0 atom stereocenters. The molecule has 9 aromatic carbocycles. The molecule has 0 saturated heterocycles. The van der Waals surface area contributed by atoms with Crippen LogP contribution in [-0.2, 0) is 0 Å². The van der Waals surface area contributed by atoms with Crippen molar-refractivity contribution in [3.05, 3.63) is 218 Å². The van der Waals surface area contributed by atoms with Crippen LogP contribution < -0.4 is 0 Å². The Hall–Kier alpha value is -8.39. The van der Waals surface area contributed by atoms with Crippen molar-refractivity contribution in [2.45, 2.75) is 0 Å². The van der Waals surface area contributed by atoms with E-state index in [9.17, 15) is 0 Å². The third-order valence-corrected chi connectivity index (χ3v) is 12.2. The normalized spacial score (nSPS) is 11.6.